The second-order valence-corrected chi connectivity index (χ2v) is 13.0. The summed E-state index contributed by atoms with van der Waals surface area (Å²) in [7, 11) is 0.342. The molecule has 1 aliphatic rings. The Morgan fingerprint density at radius 1 is 1.14 bits per heavy atom. The summed E-state index contributed by atoms with van der Waals surface area (Å²) in [5.41, 5.74) is 1.35. The number of likely N-dealkylation sites (N-methyl/N-ethyl adjacent to an activating group) is 1. The Hall–Kier alpha value is -1.98. The number of piperidine rings is 1. The van der Waals surface area contributed by atoms with Gasteiger partial charge in [-0.2, -0.15) is 4.31 Å². The molecule has 2 aromatic carbocycles. The van der Waals surface area contributed by atoms with Gasteiger partial charge in [0.1, 0.15) is 0 Å². The summed E-state index contributed by atoms with van der Waals surface area (Å²) in [5, 5.41) is 0.647. The summed E-state index contributed by atoms with van der Waals surface area (Å²) in [6.45, 7) is 3.74. The van der Waals surface area contributed by atoms with Crippen LogP contribution >= 0.6 is 23.1 Å². The van der Waals surface area contributed by atoms with E-state index in [2.05, 4.69) is 0 Å². The van der Waals surface area contributed by atoms with Gasteiger partial charge in [0.05, 0.1) is 15.1 Å². The van der Waals surface area contributed by atoms with Gasteiger partial charge in [0, 0.05) is 36.1 Å². The van der Waals surface area contributed by atoms with Crippen molar-refractivity contribution in [2.45, 2.75) is 48.4 Å². The molecule has 10 heteroatoms. The van der Waals surface area contributed by atoms with Gasteiger partial charge in [-0.1, -0.05) is 30.7 Å². The minimum absolute atomic E-state index is 0.0387. The van der Waals surface area contributed by atoms with E-state index >= 15 is 0 Å². The zero-order valence-electron chi connectivity index (χ0n) is 21.3. The molecule has 1 amide bonds. The molecule has 0 N–H and O–H groups in total. The number of thiazole rings is 1. The van der Waals surface area contributed by atoms with Crippen LogP contribution in [0.3, 0.4) is 0 Å². The van der Waals surface area contributed by atoms with Crippen LogP contribution in [0.1, 0.15) is 43.0 Å². The number of anilines is 1. The number of amides is 1. The van der Waals surface area contributed by atoms with Crippen LogP contribution in [0, 0.1) is 0 Å². The largest absolute Gasteiger partial charge is 0.308 e. The zero-order chi connectivity index (χ0) is 25.9. The number of rotatable bonds is 9. The first-order valence-corrected chi connectivity index (χ1v) is 15.8. The van der Waals surface area contributed by atoms with E-state index in [1.54, 1.807) is 45.2 Å². The third-order valence-corrected chi connectivity index (χ3v) is 10.4. The van der Waals surface area contributed by atoms with Gasteiger partial charge in [-0.25, -0.2) is 13.4 Å². The molecule has 1 atom stereocenters. The molecule has 4 rings (SSSR count). The average Bonchev–Trinajstić information content (AvgIpc) is 3.32. The molecule has 1 fully saturated rings. The minimum atomic E-state index is -3.60. The molecule has 3 aromatic rings. The maximum atomic E-state index is 13.7. The molecule has 0 saturated carbocycles. The highest BCUT2D eigenvalue weighted by Crippen LogP contribution is 2.35. The smallest absolute Gasteiger partial charge is 0.260 e. The van der Waals surface area contributed by atoms with Crippen LogP contribution < -0.4 is 4.90 Å². The lowest BCUT2D eigenvalue weighted by atomic mass is 10.0. The molecule has 36 heavy (non-hydrogen) atoms. The highest BCUT2D eigenvalue weighted by molar-refractivity contribution is 7.98. The van der Waals surface area contributed by atoms with E-state index < -0.39 is 10.0 Å². The van der Waals surface area contributed by atoms with Crippen molar-refractivity contribution in [1.29, 1.82) is 0 Å². The molecule has 0 bridgehead atoms. The fourth-order valence-electron chi connectivity index (χ4n) is 4.53. The normalized spacial score (nSPS) is 17.1. The number of hydrogen-bond acceptors (Lipinski definition) is 7. The SMILES string of the molecule is CCC1CCCCN1S(=O)(=O)c1ccc(C(=O)N(CCN(C)C)c2nc3c(SC)cccc3s2)cc1. The van der Waals surface area contributed by atoms with Crippen molar-refractivity contribution >= 4 is 54.4 Å². The maximum Gasteiger partial charge on any atom is 0.260 e. The number of benzene rings is 2. The molecule has 1 saturated heterocycles. The third-order valence-electron chi connectivity index (χ3n) is 6.59. The molecule has 0 spiro atoms. The minimum Gasteiger partial charge on any atom is -0.308 e. The Kier molecular flexibility index (Phi) is 8.72. The van der Waals surface area contributed by atoms with Crippen molar-refractivity contribution in [2.75, 3.05) is 44.9 Å². The number of hydrogen-bond donors (Lipinski definition) is 0. The highest BCUT2D eigenvalue weighted by Gasteiger charge is 2.32. The molecule has 194 valence electrons. The Bertz CT molecular complexity index is 1310. The van der Waals surface area contributed by atoms with Crippen LogP contribution in [0.4, 0.5) is 5.13 Å². The number of aromatic nitrogens is 1. The van der Waals surface area contributed by atoms with Crippen molar-refractivity contribution in [3.63, 3.8) is 0 Å². The van der Waals surface area contributed by atoms with Gasteiger partial charge in [0.15, 0.2) is 5.13 Å². The first-order valence-electron chi connectivity index (χ1n) is 12.3. The van der Waals surface area contributed by atoms with Gasteiger partial charge in [0.2, 0.25) is 10.0 Å². The maximum absolute atomic E-state index is 13.7. The Balaban J connectivity index is 1.63. The van der Waals surface area contributed by atoms with Gasteiger partial charge in [-0.3, -0.25) is 9.69 Å². The van der Waals surface area contributed by atoms with Crippen LogP contribution in [-0.2, 0) is 10.0 Å². The molecule has 1 aromatic heterocycles. The lowest BCUT2D eigenvalue weighted by Gasteiger charge is -2.34. The van der Waals surface area contributed by atoms with Crippen LogP contribution in [-0.4, -0.2) is 74.5 Å². The summed E-state index contributed by atoms with van der Waals surface area (Å²) in [6.07, 6.45) is 5.66. The standard InChI is InChI=1S/C26H34N4O3S3/c1-5-20-9-6-7-16-30(20)36(32,33)21-14-12-19(13-15-21)25(31)29(18-17-28(2)3)26-27-24-22(34-4)10-8-11-23(24)35-26/h8,10-15,20H,5-7,9,16-18H2,1-4H3. The second-order valence-electron chi connectivity index (χ2n) is 9.26. The second kappa shape index (κ2) is 11.6. The number of sulfonamides is 1. The van der Waals surface area contributed by atoms with Gasteiger partial charge in [-0.05, 0) is 76.0 Å². The summed E-state index contributed by atoms with van der Waals surface area (Å²) >= 11 is 3.13. The average molecular weight is 547 g/mol. The molecule has 2 heterocycles. The summed E-state index contributed by atoms with van der Waals surface area (Å²) in [5.74, 6) is -0.185. The quantitative estimate of drug-likeness (QED) is 0.345. The first-order chi connectivity index (χ1) is 17.3. The summed E-state index contributed by atoms with van der Waals surface area (Å²) in [4.78, 5) is 23.5. The number of nitrogens with zero attached hydrogens (tertiary/aromatic N) is 4. The van der Waals surface area contributed by atoms with Crippen molar-refractivity contribution in [1.82, 2.24) is 14.2 Å². The van der Waals surface area contributed by atoms with Crippen LogP contribution in [0.2, 0.25) is 0 Å². The van der Waals surface area contributed by atoms with Gasteiger partial charge >= 0.3 is 0 Å². The fourth-order valence-corrected chi connectivity index (χ4v) is 7.95. The van der Waals surface area contributed by atoms with Gasteiger partial charge in [0.25, 0.3) is 5.91 Å². The van der Waals surface area contributed by atoms with Crippen molar-refractivity contribution in [2.24, 2.45) is 0 Å². The van der Waals surface area contributed by atoms with Crippen molar-refractivity contribution in [3.05, 3.63) is 48.0 Å². The molecular formula is C26H34N4O3S3. The predicted octanol–water partition coefficient (Wildman–Crippen LogP) is 5.18. The summed E-state index contributed by atoms with van der Waals surface area (Å²) < 4.78 is 29.4. The van der Waals surface area contributed by atoms with Crippen LogP contribution in [0.25, 0.3) is 10.2 Å². The Morgan fingerprint density at radius 3 is 2.56 bits per heavy atom. The van der Waals surface area contributed by atoms with Gasteiger partial charge in [-0.15, -0.1) is 11.8 Å². The monoisotopic (exact) mass is 546 g/mol. The fraction of sp³-hybridized carbons (Fsp3) is 0.462. The van der Waals surface area contributed by atoms with E-state index in [0.29, 0.717) is 30.3 Å². The van der Waals surface area contributed by atoms with Crippen LogP contribution in [0.5, 0.6) is 0 Å². The zero-order valence-corrected chi connectivity index (χ0v) is 23.8. The Morgan fingerprint density at radius 2 is 1.89 bits per heavy atom. The highest BCUT2D eigenvalue weighted by atomic mass is 32.2. The first kappa shape index (κ1) is 27.1. The summed E-state index contributed by atoms with van der Waals surface area (Å²) in [6, 6.07) is 12.5. The number of thioether (sulfide) groups is 1. The van der Waals surface area contributed by atoms with E-state index in [1.807, 2.05) is 50.4 Å². The van der Waals surface area contributed by atoms with Gasteiger partial charge < -0.3 is 4.90 Å². The molecule has 1 aliphatic heterocycles. The number of para-hydroxylation sites is 1. The molecular weight excluding hydrogens is 513 g/mol. The van der Waals surface area contributed by atoms with E-state index in [0.717, 1.165) is 40.8 Å². The molecule has 0 aliphatic carbocycles. The van der Waals surface area contributed by atoms with E-state index in [1.165, 1.54) is 11.3 Å². The lowest BCUT2D eigenvalue weighted by molar-refractivity contribution is 0.0985. The van der Waals surface area contributed by atoms with E-state index in [-0.39, 0.29) is 16.8 Å². The molecule has 0 radical (unpaired) electrons. The van der Waals surface area contributed by atoms with Crippen molar-refractivity contribution < 1.29 is 13.2 Å². The van der Waals surface area contributed by atoms with Crippen molar-refractivity contribution in [3.8, 4) is 0 Å². The Labute approximate surface area is 222 Å². The third kappa shape index (κ3) is 5.62. The molecule has 1 unspecified atom stereocenters. The lowest BCUT2D eigenvalue weighted by Crippen LogP contribution is -2.43. The predicted molar refractivity (Wildman–Crippen MR) is 150 cm³/mol. The topological polar surface area (TPSA) is 73.8 Å². The number of fused-ring (bicyclic) bond motifs is 1. The van der Waals surface area contributed by atoms with E-state index in [4.69, 9.17) is 4.98 Å². The number of carbonyl (C=O) groups excluding carboxylic acids is 1. The molecule has 7 nitrogen and oxygen atoms in total. The van der Waals surface area contributed by atoms with E-state index in [9.17, 15) is 13.2 Å². The number of carbonyl (C=O) groups is 1. The van der Waals surface area contributed by atoms with Crippen LogP contribution in [0.15, 0.2) is 52.3 Å².